The van der Waals surface area contributed by atoms with Crippen LogP contribution in [0.15, 0.2) is 60.8 Å². The molecular formula is C20H31N3. The number of para-hydroxylation sites is 1. The predicted molar refractivity (Wildman–Crippen MR) is 105 cm³/mol. The minimum absolute atomic E-state index is 0. The first-order chi connectivity index (χ1) is 11.3. The Kier molecular flexibility index (Phi) is 11.9. The first-order valence-corrected chi connectivity index (χ1v) is 8.28. The van der Waals surface area contributed by atoms with Crippen LogP contribution in [0.25, 0.3) is 5.57 Å². The van der Waals surface area contributed by atoms with Crippen LogP contribution in [0.4, 0.5) is 11.6 Å². The summed E-state index contributed by atoms with van der Waals surface area (Å²) in [4.78, 5) is 8.75. The molecule has 0 radical (unpaired) electrons. The highest BCUT2D eigenvalue weighted by Crippen LogP contribution is 2.16. The number of nitrogens with one attached hydrogen (secondary N) is 1. The fraction of sp³-hybridized carbons (Fsp3) is 0.300. The van der Waals surface area contributed by atoms with Crippen LogP contribution in [-0.4, -0.2) is 9.97 Å². The summed E-state index contributed by atoms with van der Waals surface area (Å²) < 4.78 is 0. The molecule has 1 heterocycles. The summed E-state index contributed by atoms with van der Waals surface area (Å²) >= 11 is 0. The van der Waals surface area contributed by atoms with Gasteiger partial charge in [0.05, 0.1) is 5.69 Å². The number of hydrogen-bond acceptors (Lipinski definition) is 3. The van der Waals surface area contributed by atoms with E-state index in [1.807, 2.05) is 96.2 Å². The van der Waals surface area contributed by atoms with Gasteiger partial charge in [0.1, 0.15) is 0 Å². The van der Waals surface area contributed by atoms with Gasteiger partial charge in [0, 0.05) is 13.3 Å². The normalized spacial score (nSPS) is 10.3. The summed E-state index contributed by atoms with van der Waals surface area (Å²) in [6.07, 6.45) is 7.84. The van der Waals surface area contributed by atoms with Gasteiger partial charge < -0.3 is 5.32 Å². The van der Waals surface area contributed by atoms with Crippen LogP contribution >= 0.6 is 0 Å². The number of hydrogen-bond donors (Lipinski definition) is 1. The molecule has 0 unspecified atom stereocenters. The fourth-order valence-electron chi connectivity index (χ4n) is 1.74. The van der Waals surface area contributed by atoms with Crippen molar-refractivity contribution in [2.24, 2.45) is 0 Å². The zero-order chi connectivity index (χ0) is 17.5. The highest BCUT2D eigenvalue weighted by atomic mass is 15.1. The average molecular weight is 313 g/mol. The lowest BCUT2D eigenvalue weighted by Gasteiger charge is -2.06. The van der Waals surface area contributed by atoms with Crippen LogP contribution in [0.1, 0.15) is 48.7 Å². The summed E-state index contributed by atoms with van der Waals surface area (Å²) in [5, 5.41) is 3.19. The molecule has 3 nitrogen and oxygen atoms in total. The molecule has 0 bridgehead atoms. The summed E-state index contributed by atoms with van der Waals surface area (Å²) in [7, 11) is 0. The van der Waals surface area contributed by atoms with Crippen LogP contribution in [0.3, 0.4) is 0 Å². The molecule has 0 fully saturated rings. The fourth-order valence-corrected chi connectivity index (χ4v) is 1.74. The summed E-state index contributed by atoms with van der Waals surface area (Å²) in [6.45, 7) is 12.0. The largest absolute Gasteiger partial charge is 0.324 e. The van der Waals surface area contributed by atoms with Gasteiger partial charge in [-0.3, -0.25) is 0 Å². The maximum atomic E-state index is 4.52. The third-order valence-electron chi connectivity index (χ3n) is 2.64. The number of rotatable bonds is 4. The van der Waals surface area contributed by atoms with Gasteiger partial charge in [0.15, 0.2) is 0 Å². The maximum Gasteiger partial charge on any atom is 0.227 e. The van der Waals surface area contributed by atoms with E-state index in [0.29, 0.717) is 5.95 Å². The van der Waals surface area contributed by atoms with Gasteiger partial charge in [-0.05, 0) is 37.6 Å². The van der Waals surface area contributed by atoms with E-state index < -0.39 is 0 Å². The molecule has 0 aliphatic carbocycles. The zero-order valence-electron chi connectivity index (χ0n) is 15.2. The minimum Gasteiger partial charge on any atom is -0.324 e. The SMILES string of the molecule is C/C=C\C(=C/C)c1ccnc(Nc2ccccc2)n1.CC.CC.[HH]. The molecule has 2 rings (SSSR count). The minimum atomic E-state index is 0. The molecular weight excluding hydrogens is 282 g/mol. The molecule has 0 atom stereocenters. The van der Waals surface area contributed by atoms with Crippen molar-refractivity contribution in [3.8, 4) is 0 Å². The summed E-state index contributed by atoms with van der Waals surface area (Å²) in [5.41, 5.74) is 2.97. The first kappa shape index (κ1) is 20.6. The Labute approximate surface area is 142 Å². The quantitative estimate of drug-likeness (QED) is 0.655. The van der Waals surface area contributed by atoms with E-state index in [-0.39, 0.29) is 1.43 Å². The van der Waals surface area contributed by atoms with Gasteiger partial charge in [-0.1, -0.05) is 64.1 Å². The Balaban J connectivity index is 0. The van der Waals surface area contributed by atoms with Gasteiger partial charge >= 0.3 is 0 Å². The van der Waals surface area contributed by atoms with Gasteiger partial charge in [-0.15, -0.1) is 0 Å². The highest BCUT2D eigenvalue weighted by Gasteiger charge is 2.02. The lowest BCUT2D eigenvalue weighted by Crippen LogP contribution is -1.98. The topological polar surface area (TPSA) is 37.8 Å². The average Bonchev–Trinajstić information content (AvgIpc) is 2.64. The van der Waals surface area contributed by atoms with Crippen molar-refractivity contribution in [2.45, 2.75) is 41.5 Å². The second-order valence-corrected chi connectivity index (χ2v) is 4.00. The molecule has 0 spiro atoms. The lowest BCUT2D eigenvalue weighted by molar-refractivity contribution is 1.14. The number of nitrogens with zero attached hydrogens (tertiary/aromatic N) is 2. The highest BCUT2D eigenvalue weighted by molar-refractivity contribution is 5.71. The number of anilines is 2. The van der Waals surface area contributed by atoms with Crippen molar-refractivity contribution in [3.05, 3.63) is 66.5 Å². The van der Waals surface area contributed by atoms with Crippen LogP contribution in [0.2, 0.25) is 0 Å². The van der Waals surface area contributed by atoms with Crippen LogP contribution in [-0.2, 0) is 0 Å². The molecule has 2 aromatic rings. The van der Waals surface area contributed by atoms with Crippen LogP contribution in [0.5, 0.6) is 0 Å². The van der Waals surface area contributed by atoms with Gasteiger partial charge in [-0.25, -0.2) is 9.97 Å². The molecule has 1 aromatic carbocycles. The Bertz CT molecular complexity index is 593. The van der Waals surface area contributed by atoms with E-state index >= 15 is 0 Å². The third kappa shape index (κ3) is 7.41. The van der Waals surface area contributed by atoms with Crippen molar-refractivity contribution in [1.82, 2.24) is 9.97 Å². The zero-order valence-corrected chi connectivity index (χ0v) is 15.2. The Morgan fingerprint density at radius 3 is 2.22 bits per heavy atom. The summed E-state index contributed by atoms with van der Waals surface area (Å²) in [5.74, 6) is 0.604. The third-order valence-corrected chi connectivity index (χ3v) is 2.64. The standard InChI is InChI=1S/C16H17N3.2C2H6.H2/c1-3-8-13(4-2)15-11-12-17-16(19-15)18-14-9-6-5-7-10-14;2*1-2;/h3-12H,1-2H3,(H,17,18,19);2*1-2H3;1H/b8-3-,13-4+;;;. The van der Waals surface area contributed by atoms with Crippen molar-refractivity contribution >= 4 is 17.2 Å². The van der Waals surface area contributed by atoms with Crippen molar-refractivity contribution < 1.29 is 1.43 Å². The maximum absolute atomic E-state index is 4.52. The van der Waals surface area contributed by atoms with Crippen LogP contribution < -0.4 is 5.32 Å². The Morgan fingerprint density at radius 2 is 1.65 bits per heavy atom. The van der Waals surface area contributed by atoms with Gasteiger partial charge in [0.2, 0.25) is 5.95 Å². The molecule has 0 aliphatic heterocycles. The molecule has 1 N–H and O–H groups in total. The molecule has 0 saturated carbocycles. The second kappa shape index (κ2) is 13.3. The monoisotopic (exact) mass is 313 g/mol. The van der Waals surface area contributed by atoms with Crippen molar-refractivity contribution in [3.63, 3.8) is 0 Å². The molecule has 23 heavy (non-hydrogen) atoms. The van der Waals surface area contributed by atoms with E-state index in [1.54, 1.807) is 6.20 Å². The van der Waals surface area contributed by atoms with Gasteiger partial charge in [-0.2, -0.15) is 0 Å². The van der Waals surface area contributed by atoms with Crippen LogP contribution in [0, 0.1) is 0 Å². The smallest absolute Gasteiger partial charge is 0.227 e. The van der Waals surface area contributed by atoms with Crippen molar-refractivity contribution in [2.75, 3.05) is 5.32 Å². The number of aromatic nitrogens is 2. The van der Waals surface area contributed by atoms with Crippen molar-refractivity contribution in [1.29, 1.82) is 0 Å². The molecule has 0 aliphatic rings. The molecule has 126 valence electrons. The van der Waals surface area contributed by atoms with E-state index in [1.165, 1.54) is 0 Å². The first-order valence-electron chi connectivity index (χ1n) is 8.28. The van der Waals surface area contributed by atoms with E-state index in [0.717, 1.165) is 17.0 Å². The Hall–Kier alpha value is -2.42. The number of allylic oxidation sites excluding steroid dienone is 4. The molecule has 0 amide bonds. The second-order valence-electron chi connectivity index (χ2n) is 4.00. The Morgan fingerprint density at radius 1 is 1.00 bits per heavy atom. The molecule has 1 aromatic heterocycles. The predicted octanol–water partition coefficient (Wildman–Crippen LogP) is 6.50. The molecule has 3 heteroatoms. The van der Waals surface area contributed by atoms with E-state index in [9.17, 15) is 0 Å². The summed E-state index contributed by atoms with van der Waals surface area (Å²) in [6, 6.07) is 11.8. The lowest BCUT2D eigenvalue weighted by atomic mass is 10.1. The van der Waals surface area contributed by atoms with Gasteiger partial charge in [0.25, 0.3) is 0 Å². The van der Waals surface area contributed by atoms with E-state index in [4.69, 9.17) is 0 Å². The molecule has 0 saturated heterocycles. The van der Waals surface area contributed by atoms with E-state index in [2.05, 4.69) is 15.3 Å². The number of benzene rings is 1.